The van der Waals surface area contributed by atoms with Crippen LogP contribution in [-0.4, -0.2) is 41.7 Å². The first-order chi connectivity index (χ1) is 15.4. The van der Waals surface area contributed by atoms with Crippen molar-refractivity contribution in [3.8, 4) is 11.1 Å². The van der Waals surface area contributed by atoms with E-state index in [4.69, 9.17) is 9.90 Å². The Morgan fingerprint density at radius 1 is 1.12 bits per heavy atom. The molecule has 32 heavy (non-hydrogen) atoms. The van der Waals surface area contributed by atoms with Gasteiger partial charge < -0.3 is 20.8 Å². The second kappa shape index (κ2) is 11.0. The highest BCUT2D eigenvalue weighted by Crippen LogP contribution is 2.32. The van der Waals surface area contributed by atoms with Crippen molar-refractivity contribution in [3.63, 3.8) is 0 Å². The molecule has 1 atom stereocenters. The number of carbonyl (C=O) groups is 2. The third-order valence-electron chi connectivity index (χ3n) is 5.92. The molecule has 2 aliphatic rings. The van der Waals surface area contributed by atoms with Crippen LogP contribution in [0.15, 0.2) is 54.6 Å². The number of carbonyl (C=O) groups excluding carboxylic acids is 1. The lowest BCUT2D eigenvalue weighted by Gasteiger charge is -2.33. The lowest BCUT2D eigenvalue weighted by atomic mass is 9.84. The van der Waals surface area contributed by atoms with E-state index in [1.54, 1.807) is 6.07 Å². The summed E-state index contributed by atoms with van der Waals surface area (Å²) in [6.45, 7) is 1.33. The van der Waals surface area contributed by atoms with Crippen LogP contribution in [-0.2, 0) is 10.4 Å². The van der Waals surface area contributed by atoms with Gasteiger partial charge in [-0.15, -0.1) is 0 Å². The number of hydrogen-bond donors (Lipinski definition) is 4. The fourth-order valence-corrected chi connectivity index (χ4v) is 4.17. The van der Waals surface area contributed by atoms with E-state index < -0.39 is 11.4 Å². The summed E-state index contributed by atoms with van der Waals surface area (Å²) < 4.78 is 14.2. The zero-order valence-corrected chi connectivity index (χ0v) is 17.9. The van der Waals surface area contributed by atoms with E-state index in [1.165, 1.54) is 12.1 Å². The van der Waals surface area contributed by atoms with Gasteiger partial charge in [-0.1, -0.05) is 36.4 Å². The highest BCUT2D eigenvalue weighted by atomic mass is 19.1. The molecule has 4 N–H and O–H groups in total. The molecule has 7 heteroatoms. The predicted molar refractivity (Wildman–Crippen MR) is 121 cm³/mol. The van der Waals surface area contributed by atoms with Crippen molar-refractivity contribution in [2.75, 3.05) is 13.1 Å². The number of hydrogen-bond acceptors (Lipinski definition) is 4. The van der Waals surface area contributed by atoms with Gasteiger partial charge in [-0.3, -0.25) is 9.59 Å². The molecule has 1 aliphatic heterocycles. The van der Waals surface area contributed by atoms with Gasteiger partial charge >= 0.3 is 0 Å². The molecule has 1 heterocycles. The van der Waals surface area contributed by atoms with Gasteiger partial charge in [0.25, 0.3) is 12.4 Å². The molecule has 0 bridgehead atoms. The minimum absolute atomic E-state index is 0.00739. The van der Waals surface area contributed by atoms with Crippen molar-refractivity contribution in [1.82, 2.24) is 10.6 Å². The van der Waals surface area contributed by atoms with E-state index >= 15 is 0 Å². The Morgan fingerprint density at radius 3 is 2.44 bits per heavy atom. The lowest BCUT2D eigenvalue weighted by Crippen LogP contribution is -2.39. The number of carboxylic acid groups (broad SMARTS) is 1. The van der Waals surface area contributed by atoms with Crippen molar-refractivity contribution < 1.29 is 24.2 Å². The first-order valence-electron chi connectivity index (χ1n) is 10.9. The highest BCUT2D eigenvalue weighted by molar-refractivity contribution is 5.95. The summed E-state index contributed by atoms with van der Waals surface area (Å²) in [7, 11) is 0. The van der Waals surface area contributed by atoms with Crippen molar-refractivity contribution in [2.45, 2.75) is 43.7 Å². The Balaban J connectivity index is 0.000000913. The Morgan fingerprint density at radius 2 is 1.81 bits per heavy atom. The lowest BCUT2D eigenvalue weighted by molar-refractivity contribution is -0.122. The number of allylic oxidation sites excluding steroid dienone is 1. The topological polar surface area (TPSA) is 98.7 Å². The summed E-state index contributed by atoms with van der Waals surface area (Å²) >= 11 is 0. The molecule has 6 nitrogen and oxygen atoms in total. The van der Waals surface area contributed by atoms with E-state index in [2.05, 4.69) is 16.7 Å². The maximum atomic E-state index is 14.2. The second-order valence-corrected chi connectivity index (χ2v) is 8.13. The largest absolute Gasteiger partial charge is 0.483 e. The van der Waals surface area contributed by atoms with Crippen LogP contribution in [0.1, 0.15) is 48.0 Å². The molecule has 0 saturated carbocycles. The number of halogens is 1. The molecular formula is C25H29FN2O4. The van der Waals surface area contributed by atoms with Crippen molar-refractivity contribution in [1.29, 1.82) is 0 Å². The third-order valence-corrected chi connectivity index (χ3v) is 5.92. The summed E-state index contributed by atoms with van der Waals surface area (Å²) in [5.74, 6) is -0.698. The number of piperidine rings is 1. The maximum Gasteiger partial charge on any atom is 0.290 e. The van der Waals surface area contributed by atoms with Gasteiger partial charge in [-0.25, -0.2) is 4.39 Å². The van der Waals surface area contributed by atoms with Crippen molar-refractivity contribution in [3.05, 3.63) is 71.6 Å². The van der Waals surface area contributed by atoms with E-state index in [9.17, 15) is 14.3 Å². The molecule has 0 aromatic heterocycles. The summed E-state index contributed by atoms with van der Waals surface area (Å²) in [6, 6.07) is 12.0. The van der Waals surface area contributed by atoms with Crippen LogP contribution >= 0.6 is 0 Å². The first kappa shape index (κ1) is 23.6. The molecule has 1 unspecified atom stereocenters. The SMILES string of the molecule is O=C(NC1C=CCCC1)c1cc(F)cc(-c2ccc(C3(O)CCNCC3)cc2)c1.O=CO. The smallest absolute Gasteiger partial charge is 0.290 e. The number of benzene rings is 2. The molecule has 1 amide bonds. The molecule has 4 rings (SSSR count). The molecular weight excluding hydrogens is 411 g/mol. The zero-order valence-electron chi connectivity index (χ0n) is 17.9. The second-order valence-electron chi connectivity index (χ2n) is 8.13. The standard InChI is InChI=1S/C24H27FN2O2.CH2O2/c25-21-15-18(14-19(16-21)23(28)27-22-4-2-1-3-5-22)17-6-8-20(9-7-17)24(29)10-12-26-13-11-24;2-1-3/h2,4,6-9,14-16,22,26,29H,1,3,5,10-13H2,(H,27,28);1H,(H,2,3). The fraction of sp³-hybridized carbons (Fsp3) is 0.360. The molecule has 1 fully saturated rings. The molecule has 0 spiro atoms. The molecule has 2 aromatic carbocycles. The normalized spacial score (nSPS) is 19.4. The number of nitrogens with one attached hydrogen (secondary N) is 2. The van der Waals surface area contributed by atoms with Gasteiger partial charge in [-0.05, 0) is 80.1 Å². The van der Waals surface area contributed by atoms with E-state index in [0.29, 0.717) is 24.0 Å². The fourth-order valence-electron chi connectivity index (χ4n) is 4.17. The Labute approximate surface area is 187 Å². The average molecular weight is 441 g/mol. The number of amides is 1. The summed E-state index contributed by atoms with van der Waals surface area (Å²) in [5, 5.41) is 24.0. The Bertz CT molecular complexity index is 953. The van der Waals surface area contributed by atoms with Gasteiger partial charge in [0, 0.05) is 11.6 Å². The zero-order chi connectivity index (χ0) is 23.0. The maximum absolute atomic E-state index is 14.2. The van der Waals surface area contributed by atoms with Crippen LogP contribution in [0.5, 0.6) is 0 Å². The van der Waals surface area contributed by atoms with Crippen LogP contribution in [0.3, 0.4) is 0 Å². The summed E-state index contributed by atoms with van der Waals surface area (Å²) in [4.78, 5) is 21.0. The molecule has 2 aromatic rings. The van der Waals surface area contributed by atoms with Crippen LogP contribution in [0, 0.1) is 5.82 Å². The molecule has 170 valence electrons. The van der Waals surface area contributed by atoms with Gasteiger partial charge in [0.2, 0.25) is 0 Å². The number of aliphatic hydroxyl groups is 1. The van der Waals surface area contributed by atoms with Crippen LogP contribution in [0.25, 0.3) is 11.1 Å². The molecule has 1 aliphatic carbocycles. The highest BCUT2D eigenvalue weighted by Gasteiger charge is 2.30. The summed E-state index contributed by atoms with van der Waals surface area (Å²) in [5.41, 5.74) is 1.85. The Kier molecular flexibility index (Phi) is 8.14. The van der Waals surface area contributed by atoms with Crippen LogP contribution in [0.2, 0.25) is 0 Å². The molecule has 1 saturated heterocycles. The van der Waals surface area contributed by atoms with E-state index in [1.807, 2.05) is 30.3 Å². The minimum Gasteiger partial charge on any atom is -0.483 e. The van der Waals surface area contributed by atoms with Crippen molar-refractivity contribution >= 4 is 12.4 Å². The van der Waals surface area contributed by atoms with Crippen LogP contribution in [0.4, 0.5) is 4.39 Å². The quantitative estimate of drug-likeness (QED) is 0.430. The van der Waals surface area contributed by atoms with Gasteiger partial charge in [0.1, 0.15) is 5.82 Å². The third kappa shape index (κ3) is 6.02. The van der Waals surface area contributed by atoms with Crippen molar-refractivity contribution in [2.24, 2.45) is 0 Å². The monoisotopic (exact) mass is 440 g/mol. The predicted octanol–water partition coefficient (Wildman–Crippen LogP) is 3.60. The number of rotatable bonds is 4. The van der Waals surface area contributed by atoms with Crippen LogP contribution < -0.4 is 10.6 Å². The average Bonchev–Trinajstić information content (AvgIpc) is 2.80. The molecule has 0 radical (unpaired) electrons. The van der Waals surface area contributed by atoms with Gasteiger partial charge in [0.15, 0.2) is 0 Å². The van der Waals surface area contributed by atoms with Gasteiger partial charge in [0.05, 0.1) is 5.60 Å². The van der Waals surface area contributed by atoms with Gasteiger partial charge in [-0.2, -0.15) is 0 Å². The Hall–Kier alpha value is -3.03. The van der Waals surface area contributed by atoms with E-state index in [-0.39, 0.29) is 18.4 Å². The summed E-state index contributed by atoms with van der Waals surface area (Å²) in [6.07, 6.45) is 8.42. The minimum atomic E-state index is -0.815. The first-order valence-corrected chi connectivity index (χ1v) is 10.9. The van der Waals surface area contributed by atoms with E-state index in [0.717, 1.165) is 43.5 Å².